The highest BCUT2D eigenvalue weighted by Gasteiger charge is 2.37. The van der Waals surface area contributed by atoms with Gasteiger partial charge in [-0.05, 0) is 55.7 Å². The monoisotopic (exact) mass is 458 g/mol. The van der Waals surface area contributed by atoms with Crippen molar-refractivity contribution in [2.24, 2.45) is 5.92 Å². The molecule has 0 saturated carbocycles. The van der Waals surface area contributed by atoms with Gasteiger partial charge in [-0.3, -0.25) is 14.4 Å². The van der Waals surface area contributed by atoms with Crippen LogP contribution in [0.1, 0.15) is 23.1 Å². The number of anilines is 2. The lowest BCUT2D eigenvalue weighted by Gasteiger charge is -2.21. The molecule has 0 bridgehead atoms. The fourth-order valence-corrected chi connectivity index (χ4v) is 4.00. The first-order valence-corrected chi connectivity index (χ1v) is 10.1. The van der Waals surface area contributed by atoms with Gasteiger partial charge in [-0.2, -0.15) is 0 Å². The zero-order valence-electron chi connectivity index (χ0n) is 16.6. The highest BCUT2D eigenvalue weighted by molar-refractivity contribution is 9.10. The standard InChI is InChI=1S/C22H23BrN2O4/c1-13-5-4-6-14(2)21(13)25-11-16(10-20(25)27)22(28)29-12-19(26)24-18-8-7-17(23)9-15(18)3/h4-9,16H,10-12H2,1-3H3,(H,24,26)/t16-/m0/s1. The maximum absolute atomic E-state index is 12.5. The average molecular weight is 459 g/mol. The number of carbonyl (C=O) groups is 3. The zero-order chi connectivity index (χ0) is 21.1. The molecule has 3 rings (SSSR count). The second kappa shape index (κ2) is 8.78. The van der Waals surface area contributed by atoms with E-state index in [1.54, 1.807) is 11.0 Å². The largest absolute Gasteiger partial charge is 0.455 e. The zero-order valence-corrected chi connectivity index (χ0v) is 18.2. The van der Waals surface area contributed by atoms with Crippen molar-refractivity contribution in [1.82, 2.24) is 0 Å². The van der Waals surface area contributed by atoms with E-state index in [4.69, 9.17) is 4.74 Å². The Morgan fingerprint density at radius 1 is 1.14 bits per heavy atom. The van der Waals surface area contributed by atoms with Gasteiger partial charge in [0.1, 0.15) is 0 Å². The molecule has 2 aromatic rings. The van der Waals surface area contributed by atoms with Gasteiger partial charge in [0.2, 0.25) is 5.91 Å². The van der Waals surface area contributed by atoms with E-state index in [1.807, 2.05) is 51.1 Å². The van der Waals surface area contributed by atoms with Crippen molar-refractivity contribution in [3.05, 3.63) is 57.6 Å². The summed E-state index contributed by atoms with van der Waals surface area (Å²) in [6.07, 6.45) is 0.0834. The summed E-state index contributed by atoms with van der Waals surface area (Å²) in [7, 11) is 0. The van der Waals surface area contributed by atoms with E-state index >= 15 is 0 Å². The van der Waals surface area contributed by atoms with Crippen molar-refractivity contribution in [3.8, 4) is 0 Å². The van der Waals surface area contributed by atoms with Crippen LogP contribution in [0.2, 0.25) is 0 Å². The van der Waals surface area contributed by atoms with Crippen LogP contribution in [0, 0.1) is 26.7 Å². The van der Waals surface area contributed by atoms with Crippen molar-refractivity contribution in [1.29, 1.82) is 0 Å². The summed E-state index contributed by atoms with van der Waals surface area (Å²) < 4.78 is 6.09. The molecule has 1 aliphatic rings. The number of amides is 2. The number of nitrogens with one attached hydrogen (secondary N) is 1. The molecule has 29 heavy (non-hydrogen) atoms. The number of para-hydroxylation sites is 1. The van der Waals surface area contributed by atoms with E-state index in [0.717, 1.165) is 26.9 Å². The Kier molecular flexibility index (Phi) is 6.37. The molecule has 2 aromatic carbocycles. The second-order valence-electron chi connectivity index (χ2n) is 7.26. The lowest BCUT2D eigenvalue weighted by Crippen LogP contribution is -2.29. The smallest absolute Gasteiger partial charge is 0.311 e. The summed E-state index contributed by atoms with van der Waals surface area (Å²) in [6.45, 7) is 5.63. The van der Waals surface area contributed by atoms with E-state index in [-0.39, 0.29) is 25.5 Å². The second-order valence-corrected chi connectivity index (χ2v) is 8.18. The third kappa shape index (κ3) is 4.85. The number of esters is 1. The number of carbonyl (C=O) groups excluding carboxylic acids is 3. The Morgan fingerprint density at radius 2 is 1.83 bits per heavy atom. The fraction of sp³-hybridized carbons (Fsp3) is 0.318. The number of benzene rings is 2. The highest BCUT2D eigenvalue weighted by Crippen LogP contribution is 2.31. The quantitative estimate of drug-likeness (QED) is 0.689. The number of hydrogen-bond acceptors (Lipinski definition) is 4. The van der Waals surface area contributed by atoms with Crippen molar-refractivity contribution >= 4 is 45.1 Å². The predicted octanol–water partition coefficient (Wildman–Crippen LogP) is 3.91. The lowest BCUT2D eigenvalue weighted by molar-refractivity contribution is -0.151. The summed E-state index contributed by atoms with van der Waals surface area (Å²) in [4.78, 5) is 38.7. The molecule has 1 saturated heterocycles. The minimum Gasteiger partial charge on any atom is -0.455 e. The van der Waals surface area contributed by atoms with E-state index in [1.165, 1.54) is 0 Å². The molecule has 0 radical (unpaired) electrons. The normalized spacial score (nSPS) is 16.1. The molecule has 0 spiro atoms. The number of nitrogens with zero attached hydrogens (tertiary/aromatic N) is 1. The van der Waals surface area contributed by atoms with Gasteiger partial charge in [-0.1, -0.05) is 34.1 Å². The Morgan fingerprint density at radius 3 is 2.48 bits per heavy atom. The average Bonchev–Trinajstić information content (AvgIpc) is 3.03. The van der Waals surface area contributed by atoms with Gasteiger partial charge in [0.25, 0.3) is 5.91 Å². The molecule has 2 amide bonds. The maximum atomic E-state index is 12.5. The van der Waals surface area contributed by atoms with Crippen LogP contribution in [0.5, 0.6) is 0 Å². The van der Waals surface area contributed by atoms with Crippen molar-refractivity contribution in [3.63, 3.8) is 0 Å². The number of halogens is 1. The SMILES string of the molecule is Cc1cc(Br)ccc1NC(=O)COC(=O)[C@H]1CC(=O)N(c2c(C)cccc2C)C1. The van der Waals surface area contributed by atoms with Gasteiger partial charge in [-0.15, -0.1) is 0 Å². The first-order chi connectivity index (χ1) is 13.8. The Hall–Kier alpha value is -2.67. The molecule has 0 aromatic heterocycles. The van der Waals surface area contributed by atoms with E-state index < -0.39 is 17.8 Å². The van der Waals surface area contributed by atoms with Crippen molar-refractivity contribution in [2.75, 3.05) is 23.4 Å². The summed E-state index contributed by atoms with van der Waals surface area (Å²) in [6, 6.07) is 11.3. The Labute approximate surface area is 178 Å². The van der Waals surface area contributed by atoms with Crippen molar-refractivity contribution < 1.29 is 19.1 Å². The van der Waals surface area contributed by atoms with E-state index in [0.29, 0.717) is 5.69 Å². The van der Waals surface area contributed by atoms with Gasteiger partial charge in [0.15, 0.2) is 6.61 Å². The molecular formula is C22H23BrN2O4. The van der Waals surface area contributed by atoms with E-state index in [9.17, 15) is 14.4 Å². The summed E-state index contributed by atoms with van der Waals surface area (Å²) in [5, 5.41) is 2.73. The van der Waals surface area contributed by atoms with Crippen LogP contribution >= 0.6 is 15.9 Å². The summed E-state index contributed by atoms with van der Waals surface area (Å²) >= 11 is 3.37. The van der Waals surface area contributed by atoms with Crippen LogP contribution in [0.25, 0.3) is 0 Å². The minimum atomic E-state index is -0.580. The third-order valence-electron chi connectivity index (χ3n) is 4.98. The highest BCUT2D eigenvalue weighted by atomic mass is 79.9. The maximum Gasteiger partial charge on any atom is 0.311 e. The van der Waals surface area contributed by atoms with Crippen LogP contribution in [0.15, 0.2) is 40.9 Å². The summed E-state index contributed by atoms with van der Waals surface area (Å²) in [5.74, 6) is -1.64. The predicted molar refractivity (Wildman–Crippen MR) is 115 cm³/mol. The first-order valence-electron chi connectivity index (χ1n) is 9.35. The lowest BCUT2D eigenvalue weighted by atomic mass is 10.1. The first kappa shape index (κ1) is 21.0. The number of rotatable bonds is 5. The minimum absolute atomic E-state index is 0.0834. The fourth-order valence-electron chi connectivity index (χ4n) is 3.52. The molecule has 1 atom stereocenters. The third-order valence-corrected chi connectivity index (χ3v) is 5.47. The topological polar surface area (TPSA) is 75.7 Å². The van der Waals surface area contributed by atoms with Gasteiger partial charge in [0.05, 0.1) is 5.92 Å². The number of ether oxygens (including phenoxy) is 1. The van der Waals surface area contributed by atoms with Crippen LogP contribution < -0.4 is 10.2 Å². The molecule has 1 fully saturated rings. The number of hydrogen-bond donors (Lipinski definition) is 1. The molecule has 0 unspecified atom stereocenters. The molecule has 1 aliphatic heterocycles. The molecule has 1 heterocycles. The molecule has 1 N–H and O–H groups in total. The van der Waals surface area contributed by atoms with Crippen LogP contribution in [-0.4, -0.2) is 30.9 Å². The Bertz CT molecular complexity index is 953. The summed E-state index contributed by atoms with van der Waals surface area (Å²) in [5.41, 5.74) is 4.36. The van der Waals surface area contributed by atoms with Gasteiger partial charge >= 0.3 is 5.97 Å². The molecule has 7 heteroatoms. The van der Waals surface area contributed by atoms with Crippen molar-refractivity contribution in [2.45, 2.75) is 27.2 Å². The van der Waals surface area contributed by atoms with E-state index in [2.05, 4.69) is 21.2 Å². The molecular weight excluding hydrogens is 436 g/mol. The number of aryl methyl sites for hydroxylation is 3. The Balaban J connectivity index is 1.57. The van der Waals surface area contributed by atoms with Gasteiger partial charge in [0, 0.05) is 28.8 Å². The molecule has 152 valence electrons. The van der Waals surface area contributed by atoms with Gasteiger partial charge < -0.3 is 15.0 Å². The molecule has 0 aliphatic carbocycles. The van der Waals surface area contributed by atoms with Crippen LogP contribution in [-0.2, 0) is 19.1 Å². The van der Waals surface area contributed by atoms with Crippen LogP contribution in [0.3, 0.4) is 0 Å². The molecule has 6 nitrogen and oxygen atoms in total. The van der Waals surface area contributed by atoms with Gasteiger partial charge in [-0.25, -0.2) is 0 Å². The van der Waals surface area contributed by atoms with Crippen LogP contribution in [0.4, 0.5) is 11.4 Å².